The van der Waals surface area contributed by atoms with Crippen LogP contribution in [0, 0.1) is 5.92 Å². The topological polar surface area (TPSA) is 47.8 Å². The Hall–Kier alpha value is -1.45. The zero-order valence-corrected chi connectivity index (χ0v) is 9.81. The van der Waals surface area contributed by atoms with Crippen molar-refractivity contribution in [3.63, 3.8) is 0 Å². The van der Waals surface area contributed by atoms with E-state index in [2.05, 4.69) is 23.1 Å². The highest BCUT2D eigenvalue weighted by Crippen LogP contribution is 2.23. The van der Waals surface area contributed by atoms with Crippen molar-refractivity contribution in [1.82, 2.24) is 14.8 Å². The van der Waals surface area contributed by atoms with Gasteiger partial charge < -0.3 is 0 Å². The number of rotatable bonds is 3. The Bertz CT molecular complexity index is 420. The molecule has 1 unspecified atom stereocenters. The number of nitrogens with zero attached hydrogens (tertiary/aromatic N) is 3. The fourth-order valence-electron chi connectivity index (χ4n) is 1.96. The first-order valence-electron chi connectivity index (χ1n) is 5.72. The van der Waals surface area contributed by atoms with Gasteiger partial charge >= 0.3 is 0 Å². The number of ketones is 1. The van der Waals surface area contributed by atoms with E-state index in [1.807, 2.05) is 7.05 Å². The van der Waals surface area contributed by atoms with Gasteiger partial charge in [0.25, 0.3) is 0 Å². The predicted molar refractivity (Wildman–Crippen MR) is 60.8 cm³/mol. The minimum absolute atomic E-state index is 0.197. The fraction of sp³-hybridized carbons (Fsp3) is 0.583. The van der Waals surface area contributed by atoms with Crippen molar-refractivity contribution in [3.8, 4) is 0 Å². The van der Waals surface area contributed by atoms with E-state index in [1.54, 1.807) is 4.68 Å². The van der Waals surface area contributed by atoms with Crippen molar-refractivity contribution < 1.29 is 4.79 Å². The summed E-state index contributed by atoms with van der Waals surface area (Å²) in [7, 11) is 1.81. The Morgan fingerprint density at radius 3 is 3.00 bits per heavy atom. The first-order chi connectivity index (χ1) is 7.66. The summed E-state index contributed by atoms with van der Waals surface area (Å²) in [6, 6.07) is 0. The Labute approximate surface area is 95.4 Å². The van der Waals surface area contributed by atoms with Crippen LogP contribution in [0.2, 0.25) is 0 Å². The molecule has 1 heterocycles. The van der Waals surface area contributed by atoms with E-state index < -0.39 is 0 Å². The van der Waals surface area contributed by atoms with Gasteiger partial charge in [0.05, 0.1) is 6.42 Å². The molecule has 4 heteroatoms. The smallest absolute Gasteiger partial charge is 0.166 e. The van der Waals surface area contributed by atoms with Gasteiger partial charge in [0.1, 0.15) is 12.2 Å². The number of Topliss-reactive ketones (excluding diaryl/α,β-unsaturated/α-hetero) is 1. The summed E-state index contributed by atoms with van der Waals surface area (Å²) in [6.07, 6.45) is 7.01. The van der Waals surface area contributed by atoms with Crippen LogP contribution < -0.4 is 0 Å². The second kappa shape index (κ2) is 4.60. The van der Waals surface area contributed by atoms with Gasteiger partial charge in [-0.05, 0) is 30.8 Å². The summed E-state index contributed by atoms with van der Waals surface area (Å²) in [5, 5.41) is 3.96. The molecule has 0 radical (unpaired) electrons. The Morgan fingerprint density at radius 2 is 2.44 bits per heavy atom. The maximum atomic E-state index is 12.0. The van der Waals surface area contributed by atoms with Crippen molar-refractivity contribution in [2.45, 2.75) is 32.6 Å². The monoisotopic (exact) mass is 219 g/mol. The van der Waals surface area contributed by atoms with Gasteiger partial charge in [-0.3, -0.25) is 9.48 Å². The number of hydrogen-bond acceptors (Lipinski definition) is 3. The Balaban J connectivity index is 2.01. The van der Waals surface area contributed by atoms with Crippen molar-refractivity contribution >= 4 is 5.78 Å². The molecule has 1 aromatic heterocycles. The predicted octanol–water partition coefficient (Wildman–Crippen LogP) is 1.67. The summed E-state index contributed by atoms with van der Waals surface area (Å²) in [4.78, 5) is 16.0. The third kappa shape index (κ3) is 2.38. The van der Waals surface area contributed by atoms with Gasteiger partial charge in [-0.15, -0.1) is 0 Å². The molecular formula is C12H17N3O. The van der Waals surface area contributed by atoms with Crippen LogP contribution in [0.3, 0.4) is 0 Å². The number of allylic oxidation sites excluding steroid dienone is 2. The molecule has 1 aliphatic rings. The van der Waals surface area contributed by atoms with Crippen molar-refractivity contribution in [1.29, 1.82) is 0 Å². The molecule has 0 amide bonds. The third-order valence-corrected chi connectivity index (χ3v) is 3.16. The normalized spacial score (nSPS) is 20.6. The molecule has 1 aromatic rings. The standard InChI is InChI=1S/C12H17N3O/c1-9-3-5-10(6-4-9)11(16)7-12-13-8-14-15(12)2/h5,8-9H,3-4,6-7H2,1-2H3. The highest BCUT2D eigenvalue weighted by atomic mass is 16.1. The molecule has 0 aromatic carbocycles. The molecule has 0 N–H and O–H groups in total. The van der Waals surface area contributed by atoms with Crippen LogP contribution in [0.25, 0.3) is 0 Å². The van der Waals surface area contributed by atoms with E-state index in [4.69, 9.17) is 0 Å². The summed E-state index contributed by atoms with van der Waals surface area (Å²) >= 11 is 0. The molecule has 4 nitrogen and oxygen atoms in total. The Morgan fingerprint density at radius 1 is 1.62 bits per heavy atom. The number of aromatic nitrogens is 3. The van der Waals surface area contributed by atoms with Gasteiger partial charge in [-0.25, -0.2) is 4.98 Å². The zero-order chi connectivity index (χ0) is 11.5. The number of carbonyl (C=O) groups excluding carboxylic acids is 1. The van der Waals surface area contributed by atoms with Crippen LogP contribution >= 0.6 is 0 Å². The van der Waals surface area contributed by atoms with Gasteiger partial charge in [-0.2, -0.15) is 5.10 Å². The lowest BCUT2D eigenvalue weighted by Crippen LogP contribution is -2.14. The van der Waals surface area contributed by atoms with E-state index in [1.165, 1.54) is 6.33 Å². The largest absolute Gasteiger partial charge is 0.294 e. The fourth-order valence-corrected chi connectivity index (χ4v) is 1.96. The second-order valence-electron chi connectivity index (χ2n) is 4.51. The molecule has 0 saturated heterocycles. The minimum Gasteiger partial charge on any atom is -0.294 e. The lowest BCUT2D eigenvalue weighted by atomic mass is 9.88. The first kappa shape index (κ1) is 11.0. The minimum atomic E-state index is 0.197. The molecule has 1 aliphatic carbocycles. The molecule has 16 heavy (non-hydrogen) atoms. The van der Waals surface area contributed by atoms with E-state index in [-0.39, 0.29) is 5.78 Å². The molecule has 0 fully saturated rings. The molecule has 0 bridgehead atoms. The van der Waals surface area contributed by atoms with Crippen molar-refractivity contribution in [2.75, 3.05) is 0 Å². The first-order valence-corrected chi connectivity index (χ1v) is 5.72. The van der Waals surface area contributed by atoms with Crippen LogP contribution in [-0.4, -0.2) is 20.5 Å². The lowest BCUT2D eigenvalue weighted by molar-refractivity contribution is -0.115. The highest BCUT2D eigenvalue weighted by molar-refractivity contribution is 5.96. The van der Waals surface area contributed by atoms with E-state index >= 15 is 0 Å². The van der Waals surface area contributed by atoms with Gasteiger partial charge in [-0.1, -0.05) is 13.0 Å². The highest BCUT2D eigenvalue weighted by Gasteiger charge is 2.17. The van der Waals surface area contributed by atoms with E-state index in [0.717, 1.165) is 30.7 Å². The number of aryl methyl sites for hydroxylation is 1. The molecule has 86 valence electrons. The van der Waals surface area contributed by atoms with Crippen molar-refractivity contribution in [2.24, 2.45) is 13.0 Å². The molecule has 1 atom stereocenters. The summed E-state index contributed by atoms with van der Waals surface area (Å²) in [5.74, 6) is 1.65. The second-order valence-corrected chi connectivity index (χ2v) is 4.51. The van der Waals surface area contributed by atoms with E-state index in [9.17, 15) is 4.79 Å². The maximum Gasteiger partial charge on any atom is 0.166 e. The summed E-state index contributed by atoms with van der Waals surface area (Å²) < 4.78 is 1.66. The number of carbonyl (C=O) groups is 1. The SMILES string of the molecule is CC1CC=C(C(=O)Cc2ncnn2C)CC1. The Kier molecular flexibility index (Phi) is 3.17. The van der Waals surface area contributed by atoms with Crippen LogP contribution in [0.1, 0.15) is 32.0 Å². The average Bonchev–Trinajstić information content (AvgIpc) is 2.65. The quantitative estimate of drug-likeness (QED) is 0.777. The van der Waals surface area contributed by atoms with Crippen LogP contribution in [0.5, 0.6) is 0 Å². The molecule has 0 aliphatic heterocycles. The average molecular weight is 219 g/mol. The van der Waals surface area contributed by atoms with Gasteiger partial charge in [0.2, 0.25) is 0 Å². The maximum absolute atomic E-state index is 12.0. The molecular weight excluding hydrogens is 202 g/mol. The summed E-state index contributed by atoms with van der Waals surface area (Å²) in [5.41, 5.74) is 0.973. The van der Waals surface area contributed by atoms with Crippen LogP contribution in [0.15, 0.2) is 18.0 Å². The molecule has 0 spiro atoms. The molecule has 2 rings (SSSR count). The van der Waals surface area contributed by atoms with E-state index in [0.29, 0.717) is 12.3 Å². The number of hydrogen-bond donors (Lipinski definition) is 0. The zero-order valence-electron chi connectivity index (χ0n) is 9.81. The van der Waals surface area contributed by atoms with Crippen LogP contribution in [0.4, 0.5) is 0 Å². The van der Waals surface area contributed by atoms with Gasteiger partial charge in [0.15, 0.2) is 5.78 Å². The van der Waals surface area contributed by atoms with Gasteiger partial charge in [0, 0.05) is 7.05 Å². The van der Waals surface area contributed by atoms with Crippen LogP contribution in [-0.2, 0) is 18.3 Å². The summed E-state index contributed by atoms with van der Waals surface area (Å²) in [6.45, 7) is 2.22. The third-order valence-electron chi connectivity index (χ3n) is 3.16. The lowest BCUT2D eigenvalue weighted by Gasteiger charge is -2.17. The molecule has 0 saturated carbocycles. The van der Waals surface area contributed by atoms with Crippen molar-refractivity contribution in [3.05, 3.63) is 23.8 Å².